The molecule has 0 radical (unpaired) electrons. The molecule has 2 unspecified atom stereocenters. The molecule has 2 atom stereocenters. The van der Waals surface area contributed by atoms with Crippen LogP contribution in [-0.2, 0) is 41.1 Å². The Balaban J connectivity index is 2.62. The summed E-state index contributed by atoms with van der Waals surface area (Å²) >= 11 is 0. The smallest absolute Gasteiger partial charge is 0.346 e. The topological polar surface area (TPSA) is 82.1 Å². The largest absolute Gasteiger partial charge is 0.507 e. The van der Waals surface area contributed by atoms with E-state index in [4.69, 9.17) is 14.2 Å². The van der Waals surface area contributed by atoms with Crippen molar-refractivity contribution in [1.29, 1.82) is 0 Å². The standard InChI is InChI=1S/C25H38O6/c1-16(26)25(22(28)29-8,31-20-11-9-10-12-30-20)15-17-13-18(23(2,3)4)21(27)19(14-17)24(5,6)7/h13-14,20,27H,9-12,15H2,1-8H3. The molecule has 0 spiro atoms. The van der Waals surface area contributed by atoms with Crippen molar-refractivity contribution in [3.05, 3.63) is 28.8 Å². The average molecular weight is 435 g/mol. The van der Waals surface area contributed by atoms with Gasteiger partial charge >= 0.3 is 5.97 Å². The van der Waals surface area contributed by atoms with Crippen molar-refractivity contribution in [1.82, 2.24) is 0 Å². The normalized spacial score (nSPS) is 19.5. The predicted octanol–water partition coefficient (Wildman–Crippen LogP) is 4.57. The minimum absolute atomic E-state index is 0.00130. The number of esters is 1. The second-order valence-corrected chi connectivity index (χ2v) is 10.5. The van der Waals surface area contributed by atoms with E-state index in [0.717, 1.165) is 29.5 Å². The van der Waals surface area contributed by atoms with Crippen LogP contribution >= 0.6 is 0 Å². The van der Waals surface area contributed by atoms with Gasteiger partial charge in [-0.2, -0.15) is 0 Å². The SMILES string of the molecule is COC(=O)C(Cc1cc(C(C)(C)C)c(O)c(C(C)(C)C)c1)(OC1CCCCO1)C(C)=O. The summed E-state index contributed by atoms with van der Waals surface area (Å²) in [5.41, 5.74) is -0.242. The zero-order valence-electron chi connectivity index (χ0n) is 20.3. The monoisotopic (exact) mass is 434 g/mol. The number of aromatic hydroxyl groups is 1. The molecule has 31 heavy (non-hydrogen) atoms. The van der Waals surface area contributed by atoms with E-state index >= 15 is 0 Å². The van der Waals surface area contributed by atoms with Gasteiger partial charge in [-0.1, -0.05) is 53.7 Å². The van der Waals surface area contributed by atoms with Crippen molar-refractivity contribution in [3.8, 4) is 5.75 Å². The summed E-state index contributed by atoms with van der Waals surface area (Å²) in [5.74, 6) is -0.931. The molecule has 1 heterocycles. The van der Waals surface area contributed by atoms with Crippen LogP contribution in [0.15, 0.2) is 12.1 Å². The Morgan fingerprint density at radius 1 is 1.06 bits per heavy atom. The molecule has 1 N–H and O–H groups in total. The molecule has 0 bridgehead atoms. The van der Waals surface area contributed by atoms with Gasteiger partial charge in [-0.05, 0) is 53.7 Å². The molecule has 1 aliphatic heterocycles. The molecule has 0 aliphatic carbocycles. The number of phenols is 1. The van der Waals surface area contributed by atoms with Gasteiger partial charge in [0.25, 0.3) is 0 Å². The van der Waals surface area contributed by atoms with Crippen LogP contribution in [0.3, 0.4) is 0 Å². The molecule has 2 rings (SSSR count). The summed E-state index contributed by atoms with van der Waals surface area (Å²) in [5, 5.41) is 11.0. The molecule has 0 amide bonds. The number of phenolic OH excluding ortho intramolecular Hbond substituents is 1. The van der Waals surface area contributed by atoms with Crippen molar-refractivity contribution >= 4 is 11.8 Å². The third kappa shape index (κ3) is 5.66. The number of hydrogen-bond acceptors (Lipinski definition) is 6. The Bertz CT molecular complexity index is 773. The molecular weight excluding hydrogens is 396 g/mol. The second-order valence-electron chi connectivity index (χ2n) is 10.5. The van der Waals surface area contributed by atoms with Crippen molar-refractivity contribution in [2.24, 2.45) is 0 Å². The molecule has 6 nitrogen and oxygen atoms in total. The maximum Gasteiger partial charge on any atom is 0.346 e. The predicted molar refractivity (Wildman–Crippen MR) is 119 cm³/mol. The van der Waals surface area contributed by atoms with Crippen LogP contribution < -0.4 is 0 Å². The van der Waals surface area contributed by atoms with Crippen LogP contribution in [0.2, 0.25) is 0 Å². The molecular formula is C25H38O6. The Kier molecular flexibility index (Phi) is 7.59. The maximum atomic E-state index is 12.9. The van der Waals surface area contributed by atoms with E-state index in [0.29, 0.717) is 13.0 Å². The molecule has 0 saturated carbocycles. The molecule has 1 fully saturated rings. The molecule has 0 aromatic heterocycles. The molecule has 6 heteroatoms. The zero-order chi connectivity index (χ0) is 23.6. The van der Waals surface area contributed by atoms with Gasteiger partial charge in [0.15, 0.2) is 12.1 Å². The number of benzene rings is 1. The summed E-state index contributed by atoms with van der Waals surface area (Å²) in [6.45, 7) is 14.0. The number of ether oxygens (including phenoxy) is 3. The van der Waals surface area contributed by atoms with Gasteiger partial charge in [-0.15, -0.1) is 0 Å². The lowest BCUT2D eigenvalue weighted by Crippen LogP contribution is -2.53. The van der Waals surface area contributed by atoms with Gasteiger partial charge in [-0.3, -0.25) is 4.79 Å². The van der Waals surface area contributed by atoms with E-state index < -0.39 is 23.6 Å². The van der Waals surface area contributed by atoms with Crippen molar-refractivity contribution in [3.63, 3.8) is 0 Å². The Morgan fingerprint density at radius 2 is 1.61 bits per heavy atom. The van der Waals surface area contributed by atoms with E-state index in [9.17, 15) is 14.7 Å². The Morgan fingerprint density at radius 3 is 2.00 bits per heavy atom. The quantitative estimate of drug-likeness (QED) is 0.522. The lowest BCUT2D eigenvalue weighted by molar-refractivity contribution is -0.229. The first kappa shape index (κ1) is 25.3. The highest BCUT2D eigenvalue weighted by atomic mass is 16.7. The van der Waals surface area contributed by atoms with E-state index in [1.165, 1.54) is 14.0 Å². The number of carbonyl (C=O) groups excluding carboxylic acids is 2. The average Bonchev–Trinajstić information content (AvgIpc) is 2.66. The number of hydrogen-bond donors (Lipinski definition) is 1. The molecule has 1 saturated heterocycles. The van der Waals surface area contributed by atoms with E-state index in [2.05, 4.69) is 0 Å². The van der Waals surface area contributed by atoms with Gasteiger partial charge in [0.2, 0.25) is 5.60 Å². The van der Waals surface area contributed by atoms with Crippen LogP contribution in [0.25, 0.3) is 0 Å². The van der Waals surface area contributed by atoms with Gasteiger partial charge in [-0.25, -0.2) is 4.79 Å². The number of methoxy groups -OCH3 is 1. The van der Waals surface area contributed by atoms with Crippen LogP contribution in [0, 0.1) is 0 Å². The summed E-state index contributed by atoms with van der Waals surface area (Å²) in [6.07, 6.45) is 1.80. The molecule has 174 valence electrons. The second kappa shape index (κ2) is 9.29. The first-order valence-electron chi connectivity index (χ1n) is 11.0. The van der Waals surface area contributed by atoms with Crippen LogP contribution in [0.4, 0.5) is 0 Å². The van der Waals surface area contributed by atoms with Crippen molar-refractivity contribution in [2.45, 2.75) is 96.9 Å². The number of Topliss-reactive ketones (excluding diaryl/α,β-unsaturated/α-hetero) is 1. The highest BCUT2D eigenvalue weighted by molar-refractivity contribution is 6.06. The maximum absolute atomic E-state index is 12.9. The number of rotatable bonds is 6. The number of ketones is 1. The van der Waals surface area contributed by atoms with E-state index in [-0.39, 0.29) is 23.0 Å². The minimum Gasteiger partial charge on any atom is -0.507 e. The third-order valence-electron chi connectivity index (χ3n) is 5.79. The first-order chi connectivity index (χ1) is 14.2. The number of carbonyl (C=O) groups is 2. The minimum atomic E-state index is -1.81. The summed E-state index contributed by atoms with van der Waals surface area (Å²) in [6, 6.07) is 3.71. The van der Waals surface area contributed by atoms with Gasteiger partial charge in [0, 0.05) is 13.0 Å². The van der Waals surface area contributed by atoms with Gasteiger partial charge in [0.05, 0.1) is 7.11 Å². The van der Waals surface area contributed by atoms with Crippen LogP contribution in [0.1, 0.15) is 84.4 Å². The molecule has 1 aromatic rings. The molecule has 1 aliphatic rings. The highest BCUT2D eigenvalue weighted by Crippen LogP contribution is 2.41. The highest BCUT2D eigenvalue weighted by Gasteiger charge is 2.48. The van der Waals surface area contributed by atoms with Gasteiger partial charge < -0.3 is 19.3 Å². The van der Waals surface area contributed by atoms with E-state index in [1.54, 1.807) is 0 Å². The van der Waals surface area contributed by atoms with Crippen molar-refractivity contribution in [2.75, 3.05) is 13.7 Å². The Labute approximate surface area is 186 Å². The lowest BCUT2D eigenvalue weighted by atomic mass is 9.77. The van der Waals surface area contributed by atoms with Crippen LogP contribution in [0.5, 0.6) is 5.75 Å². The Hall–Kier alpha value is -1.92. The van der Waals surface area contributed by atoms with Crippen LogP contribution in [-0.4, -0.2) is 42.5 Å². The fourth-order valence-electron chi connectivity index (χ4n) is 3.93. The zero-order valence-corrected chi connectivity index (χ0v) is 20.3. The van der Waals surface area contributed by atoms with E-state index in [1.807, 2.05) is 53.7 Å². The summed E-state index contributed by atoms with van der Waals surface area (Å²) in [4.78, 5) is 25.8. The van der Waals surface area contributed by atoms with Gasteiger partial charge in [0.1, 0.15) is 5.75 Å². The lowest BCUT2D eigenvalue weighted by Gasteiger charge is -2.35. The molecule has 1 aromatic carbocycles. The summed E-state index contributed by atoms with van der Waals surface area (Å²) in [7, 11) is 1.25. The summed E-state index contributed by atoms with van der Waals surface area (Å²) < 4.78 is 16.8. The van der Waals surface area contributed by atoms with Crippen molar-refractivity contribution < 1.29 is 28.9 Å². The fourth-order valence-corrected chi connectivity index (χ4v) is 3.93. The fraction of sp³-hybridized carbons (Fsp3) is 0.680. The first-order valence-corrected chi connectivity index (χ1v) is 11.0. The third-order valence-corrected chi connectivity index (χ3v) is 5.79.